The highest BCUT2D eigenvalue weighted by Crippen LogP contribution is 2.25. The molecular weight excluding hydrogens is 392 g/mol. The van der Waals surface area contributed by atoms with Gasteiger partial charge < -0.3 is 9.52 Å². The minimum Gasteiger partial charge on any atom is -0.472 e. The van der Waals surface area contributed by atoms with Gasteiger partial charge in [0.05, 0.1) is 35.0 Å². The molecule has 1 saturated heterocycles. The number of aliphatic hydroxyl groups excluding tert-OH is 1. The molecule has 8 nitrogen and oxygen atoms in total. The van der Waals surface area contributed by atoms with Crippen molar-refractivity contribution in [2.75, 3.05) is 23.1 Å². The second kappa shape index (κ2) is 8.01. The quantitative estimate of drug-likeness (QED) is 0.711. The fraction of sp³-hybridized carbons (Fsp3) is 0.412. The van der Waals surface area contributed by atoms with Crippen molar-refractivity contribution in [2.24, 2.45) is 0 Å². The van der Waals surface area contributed by atoms with E-state index < -0.39 is 26.2 Å². The van der Waals surface area contributed by atoms with Gasteiger partial charge >= 0.3 is 0 Å². The summed E-state index contributed by atoms with van der Waals surface area (Å²) in [5, 5.41) is 9.95. The van der Waals surface area contributed by atoms with Crippen LogP contribution in [0.5, 0.6) is 0 Å². The Kier molecular flexibility index (Phi) is 5.89. The first-order valence-electron chi connectivity index (χ1n) is 8.60. The van der Waals surface area contributed by atoms with Crippen molar-refractivity contribution in [1.29, 1.82) is 0 Å². The fourth-order valence-corrected chi connectivity index (χ4v) is 5.60. The number of sulfonamides is 2. The van der Waals surface area contributed by atoms with Crippen molar-refractivity contribution in [3.63, 3.8) is 0 Å². The molecule has 1 aliphatic heterocycles. The third-order valence-electron chi connectivity index (χ3n) is 4.42. The predicted octanol–water partition coefficient (Wildman–Crippen LogP) is 1.61. The summed E-state index contributed by atoms with van der Waals surface area (Å²) < 4.78 is 57.6. The summed E-state index contributed by atoms with van der Waals surface area (Å²) in [7, 11) is -7.09. The number of anilines is 1. The number of nitrogens with zero attached hydrogens (tertiary/aromatic N) is 1. The van der Waals surface area contributed by atoms with E-state index in [2.05, 4.69) is 4.72 Å². The summed E-state index contributed by atoms with van der Waals surface area (Å²) in [6, 6.07) is 7.38. The third-order valence-corrected chi connectivity index (χ3v) is 7.77. The van der Waals surface area contributed by atoms with E-state index in [9.17, 15) is 21.9 Å². The van der Waals surface area contributed by atoms with E-state index >= 15 is 0 Å². The van der Waals surface area contributed by atoms with Crippen LogP contribution in [0.25, 0.3) is 0 Å². The minimum atomic E-state index is -3.75. The molecule has 1 atom stereocenters. The van der Waals surface area contributed by atoms with Crippen molar-refractivity contribution in [3.05, 3.63) is 48.4 Å². The highest BCUT2D eigenvalue weighted by Gasteiger charge is 2.26. The summed E-state index contributed by atoms with van der Waals surface area (Å²) in [5.74, 6) is 0.105. The van der Waals surface area contributed by atoms with Gasteiger partial charge in [-0.25, -0.2) is 21.6 Å². The van der Waals surface area contributed by atoms with Crippen LogP contribution in [-0.4, -0.2) is 40.8 Å². The van der Waals surface area contributed by atoms with E-state index in [4.69, 9.17) is 4.42 Å². The second-order valence-electron chi connectivity index (χ2n) is 6.35. The van der Waals surface area contributed by atoms with Gasteiger partial charge in [0, 0.05) is 18.7 Å². The van der Waals surface area contributed by atoms with Gasteiger partial charge in [0.1, 0.15) is 0 Å². The molecule has 0 radical (unpaired) electrons. The Hall–Kier alpha value is -1.88. The largest absolute Gasteiger partial charge is 0.472 e. The fourth-order valence-electron chi connectivity index (χ4n) is 2.92. The molecular formula is C17H22N2O6S2. The number of furan rings is 1. The first-order valence-corrected chi connectivity index (χ1v) is 11.7. The molecule has 3 rings (SSSR count). The molecule has 1 aromatic carbocycles. The van der Waals surface area contributed by atoms with Gasteiger partial charge in [0.25, 0.3) is 0 Å². The van der Waals surface area contributed by atoms with Gasteiger partial charge in [-0.3, -0.25) is 4.31 Å². The molecule has 1 fully saturated rings. The summed E-state index contributed by atoms with van der Waals surface area (Å²) in [6.07, 6.45) is 3.64. The maximum atomic E-state index is 12.4. The number of benzene rings is 1. The van der Waals surface area contributed by atoms with Crippen LogP contribution < -0.4 is 9.03 Å². The van der Waals surface area contributed by atoms with E-state index in [1.807, 2.05) is 0 Å². The molecule has 0 amide bonds. The van der Waals surface area contributed by atoms with E-state index in [-0.39, 0.29) is 23.6 Å². The van der Waals surface area contributed by atoms with Gasteiger partial charge in [-0.2, -0.15) is 0 Å². The molecule has 10 heteroatoms. The molecule has 0 saturated carbocycles. The van der Waals surface area contributed by atoms with Crippen LogP contribution >= 0.6 is 0 Å². The molecule has 0 aliphatic carbocycles. The predicted molar refractivity (Wildman–Crippen MR) is 100 cm³/mol. The van der Waals surface area contributed by atoms with Crippen molar-refractivity contribution in [1.82, 2.24) is 4.72 Å². The molecule has 1 aliphatic rings. The number of nitrogens with one attached hydrogen (secondary N) is 1. The zero-order chi connectivity index (χ0) is 19.5. The van der Waals surface area contributed by atoms with E-state index in [0.29, 0.717) is 24.2 Å². The van der Waals surface area contributed by atoms with Crippen LogP contribution in [0.1, 0.15) is 30.9 Å². The van der Waals surface area contributed by atoms with Gasteiger partial charge in [-0.15, -0.1) is 0 Å². The van der Waals surface area contributed by atoms with Gasteiger partial charge in [0.2, 0.25) is 20.0 Å². The highest BCUT2D eigenvalue weighted by molar-refractivity contribution is 7.92. The molecule has 27 heavy (non-hydrogen) atoms. The Morgan fingerprint density at radius 1 is 1.19 bits per heavy atom. The van der Waals surface area contributed by atoms with Crippen molar-refractivity contribution in [2.45, 2.75) is 30.3 Å². The molecule has 0 spiro atoms. The van der Waals surface area contributed by atoms with Gasteiger partial charge in [0.15, 0.2) is 0 Å². The van der Waals surface area contributed by atoms with Crippen LogP contribution in [0, 0.1) is 0 Å². The Bertz CT molecular complexity index is 953. The molecule has 2 N–H and O–H groups in total. The molecule has 0 unspecified atom stereocenters. The van der Waals surface area contributed by atoms with Crippen molar-refractivity contribution >= 4 is 25.7 Å². The first kappa shape index (κ1) is 19.9. The average Bonchev–Trinajstić information content (AvgIpc) is 3.16. The lowest BCUT2D eigenvalue weighted by molar-refractivity contribution is 0.168. The monoisotopic (exact) mass is 414 g/mol. The van der Waals surface area contributed by atoms with Crippen molar-refractivity contribution < 1.29 is 26.4 Å². The summed E-state index contributed by atoms with van der Waals surface area (Å²) in [5.41, 5.74) is 1.05. The van der Waals surface area contributed by atoms with Crippen molar-refractivity contribution in [3.8, 4) is 0 Å². The number of rotatable bonds is 7. The Morgan fingerprint density at radius 2 is 1.93 bits per heavy atom. The molecule has 2 aromatic rings. The highest BCUT2D eigenvalue weighted by atomic mass is 32.2. The zero-order valence-corrected chi connectivity index (χ0v) is 16.2. The summed E-state index contributed by atoms with van der Waals surface area (Å²) >= 11 is 0. The zero-order valence-electron chi connectivity index (χ0n) is 14.6. The van der Waals surface area contributed by atoms with Crippen LogP contribution in [0.3, 0.4) is 0 Å². The molecule has 2 heterocycles. The smallest absolute Gasteiger partial charge is 0.240 e. The first-order chi connectivity index (χ1) is 12.8. The van der Waals surface area contributed by atoms with E-state index in [1.54, 1.807) is 6.07 Å². The topological polar surface area (TPSA) is 117 Å². The molecule has 0 bridgehead atoms. The molecule has 148 valence electrons. The Morgan fingerprint density at radius 3 is 2.56 bits per heavy atom. The van der Waals surface area contributed by atoms with Crippen LogP contribution in [0.2, 0.25) is 0 Å². The minimum absolute atomic E-state index is 0.0402. The average molecular weight is 415 g/mol. The molecule has 1 aromatic heterocycles. The van der Waals surface area contributed by atoms with Gasteiger partial charge in [-0.05, 0) is 49.6 Å². The van der Waals surface area contributed by atoms with Crippen LogP contribution in [0.15, 0.2) is 52.2 Å². The SMILES string of the molecule is O=S(=O)(NCC[C@@H](O)c1ccoc1)c1ccc(N2CCCCS2(=O)=O)cc1. The number of hydrogen-bond acceptors (Lipinski definition) is 6. The second-order valence-corrected chi connectivity index (χ2v) is 10.1. The van der Waals surface area contributed by atoms with Gasteiger partial charge in [-0.1, -0.05) is 0 Å². The maximum Gasteiger partial charge on any atom is 0.240 e. The van der Waals surface area contributed by atoms with Crippen LogP contribution in [0.4, 0.5) is 5.69 Å². The van der Waals surface area contributed by atoms with E-state index in [1.165, 1.54) is 41.1 Å². The number of hydrogen-bond donors (Lipinski definition) is 2. The Labute approximate surface area is 158 Å². The lowest BCUT2D eigenvalue weighted by Gasteiger charge is -2.28. The van der Waals surface area contributed by atoms with E-state index in [0.717, 1.165) is 6.42 Å². The standard InChI is InChI=1S/C17H22N2O6S2/c20-17(14-8-11-25-13-14)7-9-18-27(23,24)16-5-3-15(4-6-16)19-10-1-2-12-26(19,21)22/h3-6,8,11,13,17-18,20H,1-2,7,9-10,12H2/t17-/m1/s1. The number of aliphatic hydroxyl groups is 1. The lowest BCUT2D eigenvalue weighted by atomic mass is 10.1. The van der Waals surface area contributed by atoms with Crippen LogP contribution in [-0.2, 0) is 20.0 Å². The lowest BCUT2D eigenvalue weighted by Crippen LogP contribution is -2.37. The summed E-state index contributed by atoms with van der Waals surface area (Å²) in [6.45, 7) is 0.454. The summed E-state index contributed by atoms with van der Waals surface area (Å²) in [4.78, 5) is 0.0402. The Balaban J connectivity index is 1.63. The maximum absolute atomic E-state index is 12.4. The third kappa shape index (κ3) is 4.70. The normalized spacial score (nSPS) is 18.3.